The van der Waals surface area contributed by atoms with Crippen LogP contribution in [0.2, 0.25) is 16.6 Å². The van der Waals surface area contributed by atoms with Gasteiger partial charge in [-0.25, -0.2) is 0 Å². The molecule has 0 aromatic heterocycles. The second-order valence-corrected chi connectivity index (χ2v) is 13.9. The minimum absolute atomic E-state index is 0.611. The summed E-state index contributed by atoms with van der Waals surface area (Å²) < 4.78 is 6.76. The molecular formula is C16H30OSi2. The Balaban J connectivity index is 2.94. The van der Waals surface area contributed by atoms with E-state index in [2.05, 4.69) is 72.7 Å². The van der Waals surface area contributed by atoms with E-state index in [4.69, 9.17) is 4.12 Å². The number of hydrogen-bond donors (Lipinski definition) is 0. The van der Waals surface area contributed by atoms with Gasteiger partial charge in [-0.3, -0.25) is 0 Å². The minimum Gasteiger partial charge on any atom is -0.456 e. The molecule has 0 aliphatic carbocycles. The van der Waals surface area contributed by atoms with Gasteiger partial charge in [0.15, 0.2) is 18.1 Å². The summed E-state index contributed by atoms with van der Waals surface area (Å²) in [5.74, 6) is 0. The Kier molecular flexibility index (Phi) is 6.02. The molecule has 1 aromatic carbocycles. The second-order valence-electron chi connectivity index (χ2n) is 6.53. The molecule has 0 bridgehead atoms. The number of hydrogen-bond acceptors (Lipinski definition) is 1. The van der Waals surface area contributed by atoms with E-state index in [9.17, 15) is 0 Å². The predicted molar refractivity (Wildman–Crippen MR) is 91.5 cm³/mol. The highest BCUT2D eigenvalue weighted by Crippen LogP contribution is 2.41. The fourth-order valence-electron chi connectivity index (χ4n) is 3.47. The third kappa shape index (κ3) is 3.58. The molecule has 0 heterocycles. The van der Waals surface area contributed by atoms with Gasteiger partial charge in [-0.1, -0.05) is 71.4 Å². The Morgan fingerprint density at radius 2 is 1.37 bits per heavy atom. The lowest BCUT2D eigenvalue weighted by atomic mass is 10.2. The van der Waals surface area contributed by atoms with Crippen molar-refractivity contribution in [2.75, 3.05) is 0 Å². The largest absolute Gasteiger partial charge is 0.456 e. The number of aryl methyl sites for hydroxylation is 1. The summed E-state index contributed by atoms with van der Waals surface area (Å²) in [5.41, 5.74) is 3.45. The van der Waals surface area contributed by atoms with Crippen molar-refractivity contribution in [2.45, 2.75) is 65.1 Å². The zero-order valence-electron chi connectivity index (χ0n) is 13.7. The molecule has 0 fully saturated rings. The summed E-state index contributed by atoms with van der Waals surface area (Å²) in [5, 5.41) is 1.47. The van der Waals surface area contributed by atoms with Crippen LogP contribution in [0, 0.1) is 6.92 Å². The van der Waals surface area contributed by atoms with E-state index < -0.39 is 18.1 Å². The van der Waals surface area contributed by atoms with Gasteiger partial charge in [-0.2, -0.15) is 0 Å². The average Bonchev–Trinajstić information content (AvgIpc) is 2.30. The molecule has 0 spiro atoms. The van der Waals surface area contributed by atoms with Crippen LogP contribution < -0.4 is 5.19 Å². The van der Waals surface area contributed by atoms with Crippen molar-refractivity contribution in [3.63, 3.8) is 0 Å². The number of rotatable bonds is 6. The van der Waals surface area contributed by atoms with E-state index in [-0.39, 0.29) is 0 Å². The topological polar surface area (TPSA) is 9.23 Å². The molecule has 0 N–H and O–H groups in total. The van der Waals surface area contributed by atoms with Gasteiger partial charge in [0.1, 0.15) is 0 Å². The maximum Gasteiger partial charge on any atom is 0.187 e. The zero-order valence-corrected chi connectivity index (χ0v) is 16.1. The van der Waals surface area contributed by atoms with Crippen LogP contribution in [-0.2, 0) is 4.12 Å². The van der Waals surface area contributed by atoms with Crippen LogP contribution in [0.15, 0.2) is 24.3 Å². The van der Waals surface area contributed by atoms with Crippen LogP contribution in [0.25, 0.3) is 0 Å². The van der Waals surface area contributed by atoms with Crippen LogP contribution >= 0.6 is 0 Å². The third-order valence-corrected chi connectivity index (χ3v) is 13.5. The Hall–Kier alpha value is -0.386. The van der Waals surface area contributed by atoms with Crippen molar-refractivity contribution in [1.82, 2.24) is 0 Å². The molecule has 0 saturated carbocycles. The van der Waals surface area contributed by atoms with E-state index in [0.717, 1.165) is 0 Å². The van der Waals surface area contributed by atoms with E-state index in [0.29, 0.717) is 16.6 Å². The first kappa shape index (κ1) is 16.7. The van der Waals surface area contributed by atoms with Crippen LogP contribution in [0.3, 0.4) is 0 Å². The predicted octanol–water partition coefficient (Wildman–Crippen LogP) is 3.90. The first-order valence-electron chi connectivity index (χ1n) is 7.50. The molecule has 0 radical (unpaired) electrons. The van der Waals surface area contributed by atoms with Crippen LogP contribution in [0.1, 0.15) is 47.1 Å². The van der Waals surface area contributed by atoms with Gasteiger partial charge < -0.3 is 4.12 Å². The standard InChI is InChI=1S/C16H30OSi2/c1-12(2)19(13(3)4,14(5)6)17-18-16-11-9-8-10-15(16)7/h8-14H,18H2,1-7H3. The van der Waals surface area contributed by atoms with Gasteiger partial charge in [0.05, 0.1) is 0 Å². The van der Waals surface area contributed by atoms with Crippen molar-refractivity contribution >= 4 is 23.3 Å². The van der Waals surface area contributed by atoms with E-state index in [1.165, 1.54) is 10.8 Å². The summed E-state index contributed by atoms with van der Waals surface area (Å²) in [6, 6.07) is 8.71. The lowest BCUT2D eigenvalue weighted by Gasteiger charge is -2.43. The van der Waals surface area contributed by atoms with E-state index >= 15 is 0 Å². The summed E-state index contributed by atoms with van der Waals surface area (Å²) in [6.45, 7) is 16.4. The fourth-order valence-corrected chi connectivity index (χ4v) is 13.7. The molecule has 0 amide bonds. The van der Waals surface area contributed by atoms with Crippen LogP contribution in [0.4, 0.5) is 0 Å². The van der Waals surface area contributed by atoms with Gasteiger partial charge in [0, 0.05) is 0 Å². The summed E-state index contributed by atoms with van der Waals surface area (Å²) in [6.07, 6.45) is 0. The zero-order chi connectivity index (χ0) is 14.6. The molecule has 108 valence electrons. The first-order valence-corrected chi connectivity index (χ1v) is 10.9. The molecule has 1 aromatic rings. The van der Waals surface area contributed by atoms with Crippen molar-refractivity contribution in [1.29, 1.82) is 0 Å². The molecule has 3 heteroatoms. The Labute approximate surface area is 122 Å². The van der Waals surface area contributed by atoms with Crippen molar-refractivity contribution < 1.29 is 4.12 Å². The highest BCUT2D eigenvalue weighted by Gasteiger charge is 2.44. The van der Waals surface area contributed by atoms with Crippen molar-refractivity contribution in [3.8, 4) is 0 Å². The average molecular weight is 295 g/mol. The monoisotopic (exact) mass is 294 g/mol. The summed E-state index contributed by atoms with van der Waals surface area (Å²) in [4.78, 5) is 0. The Morgan fingerprint density at radius 1 is 0.895 bits per heavy atom. The molecule has 1 rings (SSSR count). The molecule has 1 nitrogen and oxygen atoms in total. The van der Waals surface area contributed by atoms with Crippen LogP contribution in [0.5, 0.6) is 0 Å². The highest BCUT2D eigenvalue weighted by atomic mass is 28.4. The molecule has 19 heavy (non-hydrogen) atoms. The normalized spacial score (nSPS) is 13.4. The van der Waals surface area contributed by atoms with Crippen molar-refractivity contribution in [2.24, 2.45) is 0 Å². The van der Waals surface area contributed by atoms with Crippen LogP contribution in [-0.4, -0.2) is 18.1 Å². The second kappa shape index (κ2) is 6.86. The van der Waals surface area contributed by atoms with E-state index in [1.54, 1.807) is 0 Å². The molecule has 0 aliphatic rings. The maximum absolute atomic E-state index is 6.76. The highest BCUT2D eigenvalue weighted by molar-refractivity contribution is 6.82. The molecule has 0 aliphatic heterocycles. The first-order chi connectivity index (χ1) is 8.82. The lowest BCUT2D eigenvalue weighted by Crippen LogP contribution is -2.50. The summed E-state index contributed by atoms with van der Waals surface area (Å²) >= 11 is 0. The Morgan fingerprint density at radius 3 is 1.79 bits per heavy atom. The molecule has 0 atom stereocenters. The van der Waals surface area contributed by atoms with E-state index in [1.807, 2.05) is 0 Å². The SMILES string of the molecule is Cc1ccccc1[SiH2]O[Si](C(C)C)(C(C)C)C(C)C. The van der Waals surface area contributed by atoms with Gasteiger partial charge >= 0.3 is 0 Å². The van der Waals surface area contributed by atoms with Gasteiger partial charge in [-0.15, -0.1) is 0 Å². The minimum atomic E-state index is -1.67. The Bertz CT molecular complexity index is 378. The molecule has 0 unspecified atom stereocenters. The smallest absolute Gasteiger partial charge is 0.187 e. The molecular weight excluding hydrogens is 264 g/mol. The maximum atomic E-state index is 6.76. The van der Waals surface area contributed by atoms with Gasteiger partial charge in [0.2, 0.25) is 0 Å². The quantitative estimate of drug-likeness (QED) is 0.723. The lowest BCUT2D eigenvalue weighted by molar-refractivity contribution is 0.511. The fraction of sp³-hybridized carbons (Fsp3) is 0.625. The van der Waals surface area contributed by atoms with Gasteiger partial charge in [0.25, 0.3) is 0 Å². The van der Waals surface area contributed by atoms with Crippen molar-refractivity contribution in [3.05, 3.63) is 29.8 Å². The number of benzene rings is 1. The van der Waals surface area contributed by atoms with Gasteiger partial charge in [-0.05, 0) is 28.7 Å². The third-order valence-electron chi connectivity index (χ3n) is 4.45. The molecule has 0 saturated heterocycles. The summed E-state index contributed by atoms with van der Waals surface area (Å²) in [7, 11) is -2.28.